The highest BCUT2D eigenvalue weighted by molar-refractivity contribution is 7.22. The lowest BCUT2D eigenvalue weighted by atomic mass is 10.0. The summed E-state index contributed by atoms with van der Waals surface area (Å²) in [5, 5.41) is 0.729. The van der Waals surface area contributed by atoms with E-state index in [4.69, 9.17) is 4.98 Å². The number of anilines is 1. The third kappa shape index (κ3) is 3.94. The third-order valence-electron chi connectivity index (χ3n) is 4.74. The Morgan fingerprint density at radius 1 is 1.04 bits per heavy atom. The van der Waals surface area contributed by atoms with Crippen LogP contribution in [-0.2, 0) is 17.8 Å². The van der Waals surface area contributed by atoms with E-state index in [1.54, 1.807) is 28.6 Å². The molecule has 2 heterocycles. The van der Waals surface area contributed by atoms with Crippen molar-refractivity contribution in [1.82, 2.24) is 9.97 Å². The number of hydrogen-bond acceptors (Lipinski definition) is 4. The topological polar surface area (TPSA) is 46.1 Å². The van der Waals surface area contributed by atoms with Crippen LogP contribution in [0, 0.1) is 13.8 Å². The van der Waals surface area contributed by atoms with Gasteiger partial charge in [0.1, 0.15) is 0 Å². The standard InChI is InChI=1S/C23H21N3OS/c1-16-7-8-19(17(2)13-16)14-22(27)26(15-18-9-11-24-12-10-18)23-25-20-5-3-4-6-21(20)28-23/h3-13H,14-15H2,1-2H3. The number of thiazole rings is 1. The van der Waals surface area contributed by atoms with Crippen molar-refractivity contribution in [2.24, 2.45) is 0 Å². The van der Waals surface area contributed by atoms with Gasteiger partial charge >= 0.3 is 0 Å². The maximum absolute atomic E-state index is 13.3. The second-order valence-electron chi connectivity index (χ2n) is 6.91. The van der Waals surface area contributed by atoms with E-state index >= 15 is 0 Å². The SMILES string of the molecule is Cc1ccc(CC(=O)N(Cc2ccncc2)c2nc3ccccc3s2)c(C)c1. The van der Waals surface area contributed by atoms with Gasteiger partial charge in [-0.05, 0) is 54.8 Å². The number of fused-ring (bicyclic) bond motifs is 1. The molecule has 0 aliphatic heterocycles. The van der Waals surface area contributed by atoms with Crippen molar-refractivity contribution < 1.29 is 4.79 Å². The number of carbonyl (C=O) groups is 1. The summed E-state index contributed by atoms with van der Waals surface area (Å²) < 4.78 is 1.08. The molecule has 0 saturated carbocycles. The molecular formula is C23H21N3OS. The summed E-state index contributed by atoms with van der Waals surface area (Å²) in [6.07, 6.45) is 3.86. The first-order valence-corrected chi connectivity index (χ1v) is 10.0. The molecule has 5 heteroatoms. The predicted octanol–water partition coefficient (Wildman–Crippen LogP) is 5.08. The Kier molecular flexibility index (Phi) is 5.17. The fourth-order valence-corrected chi connectivity index (χ4v) is 4.19. The summed E-state index contributed by atoms with van der Waals surface area (Å²) in [6.45, 7) is 4.60. The van der Waals surface area contributed by atoms with Crippen LogP contribution in [0.3, 0.4) is 0 Å². The molecule has 0 unspecified atom stereocenters. The Balaban J connectivity index is 1.68. The Hall–Kier alpha value is -3.05. The van der Waals surface area contributed by atoms with Crippen molar-refractivity contribution in [2.75, 3.05) is 4.90 Å². The average molecular weight is 388 g/mol. The molecule has 28 heavy (non-hydrogen) atoms. The second-order valence-corrected chi connectivity index (χ2v) is 7.92. The van der Waals surface area contributed by atoms with Crippen molar-refractivity contribution >= 4 is 32.6 Å². The first-order chi connectivity index (χ1) is 13.6. The Bertz CT molecular complexity index is 1090. The van der Waals surface area contributed by atoms with Crippen LogP contribution < -0.4 is 4.90 Å². The summed E-state index contributed by atoms with van der Waals surface area (Å²) in [4.78, 5) is 23.9. The number of aromatic nitrogens is 2. The molecule has 0 saturated heterocycles. The van der Waals surface area contributed by atoms with Gasteiger partial charge in [0.05, 0.1) is 23.2 Å². The summed E-state index contributed by atoms with van der Waals surface area (Å²) in [7, 11) is 0. The molecule has 4 nitrogen and oxygen atoms in total. The van der Waals surface area contributed by atoms with Crippen LogP contribution in [-0.4, -0.2) is 15.9 Å². The van der Waals surface area contributed by atoms with Crippen LogP contribution in [0.1, 0.15) is 22.3 Å². The number of para-hydroxylation sites is 1. The fraction of sp³-hybridized carbons (Fsp3) is 0.174. The van der Waals surface area contributed by atoms with Gasteiger partial charge in [-0.15, -0.1) is 0 Å². The van der Waals surface area contributed by atoms with Gasteiger partial charge in [0, 0.05) is 12.4 Å². The number of pyridine rings is 1. The molecule has 0 aliphatic rings. The maximum atomic E-state index is 13.3. The quantitative estimate of drug-likeness (QED) is 0.479. The molecule has 0 spiro atoms. The van der Waals surface area contributed by atoms with Crippen molar-refractivity contribution in [3.63, 3.8) is 0 Å². The van der Waals surface area contributed by atoms with Gasteiger partial charge in [0.15, 0.2) is 5.13 Å². The first-order valence-electron chi connectivity index (χ1n) is 9.21. The number of nitrogens with zero attached hydrogens (tertiary/aromatic N) is 3. The van der Waals surface area contributed by atoms with Crippen LogP contribution in [0.25, 0.3) is 10.2 Å². The second kappa shape index (κ2) is 7.90. The molecular weight excluding hydrogens is 366 g/mol. The molecule has 0 N–H and O–H groups in total. The Labute approximate surface area is 168 Å². The zero-order valence-electron chi connectivity index (χ0n) is 15.9. The van der Waals surface area contributed by atoms with Crippen molar-refractivity contribution in [3.05, 3.63) is 89.2 Å². The number of carbonyl (C=O) groups excluding carboxylic acids is 1. The zero-order chi connectivity index (χ0) is 19.5. The molecule has 4 aromatic rings. The number of hydrogen-bond donors (Lipinski definition) is 0. The third-order valence-corrected chi connectivity index (χ3v) is 5.80. The highest BCUT2D eigenvalue weighted by Crippen LogP contribution is 2.30. The van der Waals surface area contributed by atoms with Gasteiger partial charge in [-0.2, -0.15) is 0 Å². The maximum Gasteiger partial charge on any atom is 0.233 e. The van der Waals surface area contributed by atoms with Crippen molar-refractivity contribution in [3.8, 4) is 0 Å². The van der Waals surface area contributed by atoms with Crippen molar-refractivity contribution in [2.45, 2.75) is 26.8 Å². The van der Waals surface area contributed by atoms with Crippen LogP contribution in [0.2, 0.25) is 0 Å². The first kappa shape index (κ1) is 18.3. The van der Waals surface area contributed by atoms with E-state index in [0.717, 1.165) is 32.0 Å². The fourth-order valence-electron chi connectivity index (χ4n) is 3.21. The van der Waals surface area contributed by atoms with Gasteiger partial charge in [-0.3, -0.25) is 14.7 Å². The lowest BCUT2D eigenvalue weighted by Crippen LogP contribution is -2.31. The normalized spacial score (nSPS) is 10.9. The van der Waals surface area contributed by atoms with E-state index in [-0.39, 0.29) is 5.91 Å². The molecule has 4 rings (SSSR count). The number of rotatable bonds is 5. The molecule has 2 aromatic carbocycles. The van der Waals surface area contributed by atoms with E-state index in [2.05, 4.69) is 31.0 Å². The van der Waals surface area contributed by atoms with Gasteiger partial charge in [0.25, 0.3) is 0 Å². The highest BCUT2D eigenvalue weighted by atomic mass is 32.1. The minimum absolute atomic E-state index is 0.0443. The summed E-state index contributed by atoms with van der Waals surface area (Å²) in [6, 6.07) is 18.1. The van der Waals surface area contributed by atoms with E-state index in [1.807, 2.05) is 42.5 Å². The Morgan fingerprint density at radius 2 is 1.82 bits per heavy atom. The molecule has 0 fully saturated rings. The van der Waals surface area contributed by atoms with Gasteiger partial charge in [-0.25, -0.2) is 4.98 Å². The minimum atomic E-state index is 0.0443. The van der Waals surface area contributed by atoms with E-state index in [1.165, 1.54) is 5.56 Å². The number of benzene rings is 2. The lowest BCUT2D eigenvalue weighted by molar-refractivity contribution is -0.118. The van der Waals surface area contributed by atoms with Crippen LogP contribution >= 0.6 is 11.3 Å². The molecule has 0 aliphatic carbocycles. The summed E-state index contributed by atoms with van der Waals surface area (Å²) >= 11 is 1.55. The minimum Gasteiger partial charge on any atom is -0.283 e. The monoisotopic (exact) mass is 387 g/mol. The van der Waals surface area contributed by atoms with Crippen LogP contribution in [0.5, 0.6) is 0 Å². The molecule has 0 bridgehead atoms. The Morgan fingerprint density at radius 3 is 2.57 bits per heavy atom. The number of aryl methyl sites for hydroxylation is 2. The van der Waals surface area contributed by atoms with Gasteiger partial charge in [-0.1, -0.05) is 47.2 Å². The molecule has 2 aromatic heterocycles. The largest absolute Gasteiger partial charge is 0.283 e. The molecule has 1 amide bonds. The molecule has 140 valence electrons. The zero-order valence-corrected chi connectivity index (χ0v) is 16.7. The van der Waals surface area contributed by atoms with E-state index < -0.39 is 0 Å². The van der Waals surface area contributed by atoms with E-state index in [0.29, 0.717) is 13.0 Å². The van der Waals surface area contributed by atoms with Gasteiger partial charge < -0.3 is 0 Å². The lowest BCUT2D eigenvalue weighted by Gasteiger charge is -2.20. The smallest absolute Gasteiger partial charge is 0.233 e. The summed E-state index contributed by atoms with van der Waals surface area (Å²) in [5.74, 6) is 0.0443. The molecule has 0 atom stereocenters. The van der Waals surface area contributed by atoms with E-state index in [9.17, 15) is 4.79 Å². The van der Waals surface area contributed by atoms with Gasteiger partial charge in [0.2, 0.25) is 5.91 Å². The van der Waals surface area contributed by atoms with Crippen LogP contribution in [0.4, 0.5) is 5.13 Å². The van der Waals surface area contributed by atoms with Crippen LogP contribution in [0.15, 0.2) is 67.0 Å². The molecule has 0 radical (unpaired) electrons. The predicted molar refractivity (Wildman–Crippen MR) is 115 cm³/mol. The number of amides is 1. The average Bonchev–Trinajstić information content (AvgIpc) is 3.13. The van der Waals surface area contributed by atoms with Crippen molar-refractivity contribution in [1.29, 1.82) is 0 Å². The highest BCUT2D eigenvalue weighted by Gasteiger charge is 2.21. The summed E-state index contributed by atoms with van der Waals surface area (Å²) in [5.41, 5.74) is 5.34.